The predicted molar refractivity (Wildman–Crippen MR) is 53.1 cm³/mol. The lowest BCUT2D eigenvalue weighted by Gasteiger charge is -2.04. The van der Waals surface area contributed by atoms with Gasteiger partial charge in [0.05, 0.1) is 0 Å². The van der Waals surface area contributed by atoms with Crippen molar-refractivity contribution in [3.8, 4) is 0 Å². The van der Waals surface area contributed by atoms with Crippen molar-refractivity contribution in [2.45, 2.75) is 12.8 Å². The third kappa shape index (κ3) is 5.93. The molecule has 0 saturated carbocycles. The molecule has 0 N–H and O–H groups in total. The topological polar surface area (TPSA) is 17.1 Å². The summed E-state index contributed by atoms with van der Waals surface area (Å²) in [6, 6.07) is 0. The SMILES string of the molecule is C=CCC(/C=C/C(=O)Cl)CC=C. The quantitative estimate of drug-likeness (QED) is 0.352. The molecule has 0 aromatic carbocycles. The monoisotopic (exact) mass is 184 g/mol. The van der Waals surface area contributed by atoms with Crippen LogP contribution in [0.1, 0.15) is 12.8 Å². The van der Waals surface area contributed by atoms with Gasteiger partial charge in [0.1, 0.15) is 0 Å². The highest BCUT2D eigenvalue weighted by Gasteiger charge is 1.99. The van der Waals surface area contributed by atoms with Crippen LogP contribution in [-0.4, -0.2) is 5.24 Å². The fourth-order valence-electron chi connectivity index (χ4n) is 0.893. The van der Waals surface area contributed by atoms with Crippen molar-refractivity contribution >= 4 is 16.8 Å². The van der Waals surface area contributed by atoms with Gasteiger partial charge in [-0.05, 0) is 36.4 Å². The van der Waals surface area contributed by atoms with E-state index >= 15 is 0 Å². The minimum Gasteiger partial charge on any atom is -0.276 e. The molecular formula is C10H13ClO. The summed E-state index contributed by atoms with van der Waals surface area (Å²) in [5.41, 5.74) is 0. The molecule has 0 aliphatic carbocycles. The molecule has 0 heterocycles. The standard InChI is InChI=1S/C10H13ClO/c1-3-5-9(6-4-2)7-8-10(11)12/h3-4,7-9H,1-2,5-6H2/b8-7+. The van der Waals surface area contributed by atoms with E-state index in [-0.39, 0.29) is 0 Å². The van der Waals surface area contributed by atoms with Crippen molar-refractivity contribution in [3.63, 3.8) is 0 Å². The van der Waals surface area contributed by atoms with Gasteiger partial charge in [-0.25, -0.2) is 0 Å². The Morgan fingerprint density at radius 3 is 2.17 bits per heavy atom. The van der Waals surface area contributed by atoms with Crippen molar-refractivity contribution in [1.29, 1.82) is 0 Å². The highest BCUT2D eigenvalue weighted by molar-refractivity contribution is 6.66. The first-order chi connectivity index (χ1) is 5.70. The molecular weight excluding hydrogens is 172 g/mol. The number of hydrogen-bond donors (Lipinski definition) is 0. The predicted octanol–water partition coefficient (Wildman–Crippen LogP) is 3.08. The highest BCUT2D eigenvalue weighted by Crippen LogP contribution is 2.11. The maximum atomic E-state index is 10.4. The lowest BCUT2D eigenvalue weighted by atomic mass is 10.0. The summed E-state index contributed by atoms with van der Waals surface area (Å²) in [5, 5.41) is -0.437. The summed E-state index contributed by atoms with van der Waals surface area (Å²) in [4.78, 5) is 10.4. The van der Waals surface area contributed by atoms with Crippen LogP contribution in [-0.2, 0) is 4.79 Å². The van der Waals surface area contributed by atoms with Crippen LogP contribution in [0.5, 0.6) is 0 Å². The minimum atomic E-state index is -0.437. The van der Waals surface area contributed by atoms with E-state index < -0.39 is 5.24 Å². The summed E-state index contributed by atoms with van der Waals surface area (Å²) in [7, 11) is 0. The second-order valence-corrected chi connectivity index (χ2v) is 2.84. The van der Waals surface area contributed by atoms with E-state index in [1.54, 1.807) is 6.08 Å². The van der Waals surface area contributed by atoms with E-state index in [0.717, 1.165) is 12.8 Å². The Morgan fingerprint density at radius 1 is 1.33 bits per heavy atom. The van der Waals surface area contributed by atoms with Gasteiger partial charge in [0.15, 0.2) is 0 Å². The molecule has 0 rings (SSSR count). The van der Waals surface area contributed by atoms with Crippen LogP contribution in [0.4, 0.5) is 0 Å². The molecule has 0 aromatic rings. The normalized spacial score (nSPS) is 10.5. The van der Waals surface area contributed by atoms with Gasteiger partial charge in [-0.1, -0.05) is 18.2 Å². The second-order valence-electron chi connectivity index (χ2n) is 2.47. The summed E-state index contributed by atoms with van der Waals surface area (Å²) < 4.78 is 0. The molecule has 0 amide bonds. The minimum absolute atomic E-state index is 0.294. The number of rotatable bonds is 6. The molecule has 12 heavy (non-hydrogen) atoms. The average molecular weight is 185 g/mol. The zero-order valence-corrected chi connectivity index (χ0v) is 7.76. The van der Waals surface area contributed by atoms with E-state index in [9.17, 15) is 4.79 Å². The second kappa shape index (κ2) is 6.86. The van der Waals surface area contributed by atoms with Gasteiger partial charge >= 0.3 is 0 Å². The van der Waals surface area contributed by atoms with Gasteiger partial charge in [-0.3, -0.25) is 4.79 Å². The molecule has 0 aliphatic heterocycles. The molecule has 0 fully saturated rings. The van der Waals surface area contributed by atoms with Gasteiger partial charge in [0, 0.05) is 0 Å². The number of carbonyl (C=O) groups excluding carboxylic acids is 1. The molecule has 66 valence electrons. The molecule has 0 aromatic heterocycles. The van der Waals surface area contributed by atoms with Crippen molar-refractivity contribution in [1.82, 2.24) is 0 Å². The van der Waals surface area contributed by atoms with E-state index in [1.165, 1.54) is 6.08 Å². The van der Waals surface area contributed by atoms with Gasteiger partial charge in [-0.15, -0.1) is 13.2 Å². The number of carbonyl (C=O) groups is 1. The molecule has 0 aliphatic rings. The largest absolute Gasteiger partial charge is 0.276 e. The highest BCUT2D eigenvalue weighted by atomic mass is 35.5. The zero-order valence-electron chi connectivity index (χ0n) is 7.00. The lowest BCUT2D eigenvalue weighted by molar-refractivity contribution is -0.107. The maximum absolute atomic E-state index is 10.4. The van der Waals surface area contributed by atoms with Crippen LogP contribution < -0.4 is 0 Å². The van der Waals surface area contributed by atoms with Crippen LogP contribution in [0.3, 0.4) is 0 Å². The fourth-order valence-corrected chi connectivity index (χ4v) is 0.966. The molecule has 2 heteroatoms. The van der Waals surface area contributed by atoms with E-state index in [4.69, 9.17) is 11.6 Å². The third-order valence-corrected chi connectivity index (χ3v) is 1.56. The smallest absolute Gasteiger partial charge is 0.244 e. The Hall–Kier alpha value is -0.820. The van der Waals surface area contributed by atoms with Crippen LogP contribution in [0.15, 0.2) is 37.5 Å². The number of allylic oxidation sites excluding steroid dienone is 4. The fraction of sp³-hybridized carbons (Fsp3) is 0.300. The average Bonchev–Trinajstić information content (AvgIpc) is 2.01. The van der Waals surface area contributed by atoms with Crippen LogP contribution in [0, 0.1) is 5.92 Å². The van der Waals surface area contributed by atoms with Crippen molar-refractivity contribution in [2.75, 3.05) is 0 Å². The Labute approximate surface area is 78.4 Å². The first-order valence-corrected chi connectivity index (χ1v) is 4.18. The summed E-state index contributed by atoms with van der Waals surface area (Å²) in [6.07, 6.45) is 8.48. The Morgan fingerprint density at radius 2 is 1.83 bits per heavy atom. The maximum Gasteiger partial charge on any atom is 0.244 e. The molecule has 1 nitrogen and oxygen atoms in total. The molecule has 0 unspecified atom stereocenters. The molecule has 0 radical (unpaired) electrons. The van der Waals surface area contributed by atoms with Crippen LogP contribution in [0.2, 0.25) is 0 Å². The van der Waals surface area contributed by atoms with E-state index in [2.05, 4.69) is 13.2 Å². The Kier molecular flexibility index (Phi) is 6.39. The first-order valence-electron chi connectivity index (χ1n) is 3.80. The van der Waals surface area contributed by atoms with Gasteiger partial charge in [0.2, 0.25) is 5.24 Å². The van der Waals surface area contributed by atoms with Gasteiger partial charge in [-0.2, -0.15) is 0 Å². The van der Waals surface area contributed by atoms with Gasteiger partial charge in [0.25, 0.3) is 0 Å². The third-order valence-electron chi connectivity index (χ3n) is 1.44. The number of hydrogen-bond acceptors (Lipinski definition) is 1. The summed E-state index contributed by atoms with van der Waals surface area (Å²) in [6.45, 7) is 7.25. The van der Waals surface area contributed by atoms with Gasteiger partial charge < -0.3 is 0 Å². The Balaban J connectivity index is 4.00. The Bertz CT molecular complexity index is 184. The van der Waals surface area contributed by atoms with Crippen LogP contribution in [0.25, 0.3) is 0 Å². The summed E-state index contributed by atoms with van der Waals surface area (Å²) in [5.74, 6) is 0.294. The molecule has 0 saturated heterocycles. The van der Waals surface area contributed by atoms with Crippen molar-refractivity contribution in [3.05, 3.63) is 37.5 Å². The first kappa shape index (κ1) is 11.2. The molecule has 0 bridgehead atoms. The molecule has 0 spiro atoms. The van der Waals surface area contributed by atoms with Crippen molar-refractivity contribution in [2.24, 2.45) is 5.92 Å². The number of halogens is 1. The zero-order chi connectivity index (χ0) is 9.40. The molecule has 0 atom stereocenters. The van der Waals surface area contributed by atoms with E-state index in [0.29, 0.717) is 5.92 Å². The van der Waals surface area contributed by atoms with Crippen molar-refractivity contribution < 1.29 is 4.79 Å². The summed E-state index contributed by atoms with van der Waals surface area (Å²) >= 11 is 5.14. The lowest BCUT2D eigenvalue weighted by Crippen LogP contribution is -1.93. The van der Waals surface area contributed by atoms with E-state index in [1.807, 2.05) is 12.2 Å². The van der Waals surface area contributed by atoms with Crippen LogP contribution >= 0.6 is 11.6 Å².